The lowest BCUT2D eigenvalue weighted by atomic mass is 9.59. The van der Waals surface area contributed by atoms with E-state index in [1.54, 1.807) is 0 Å². The SMILES string of the molecule is C1=CC2C(Oc3ccccc3C23c2ccccc2-c2ccccc23)C(C2N=C(c3ccccc3)NC(c3ccc4c(c3)oc3ccccc34)=N2)=C1. The molecule has 6 aromatic carbocycles. The maximum atomic E-state index is 7.10. The van der Waals surface area contributed by atoms with Gasteiger partial charge >= 0.3 is 0 Å². The first-order valence-electron chi connectivity index (χ1n) is 17.5. The third kappa shape index (κ3) is 4.03. The van der Waals surface area contributed by atoms with Crippen LogP contribution in [0.4, 0.5) is 0 Å². The van der Waals surface area contributed by atoms with Crippen molar-refractivity contribution in [3.63, 3.8) is 0 Å². The molecule has 3 atom stereocenters. The van der Waals surface area contributed by atoms with Gasteiger partial charge in [0.1, 0.15) is 34.7 Å². The molecule has 242 valence electrons. The molecule has 51 heavy (non-hydrogen) atoms. The van der Waals surface area contributed by atoms with Crippen LogP contribution >= 0.6 is 0 Å². The van der Waals surface area contributed by atoms with Crippen molar-refractivity contribution in [2.24, 2.45) is 15.9 Å². The number of aliphatic imine (C=N–C) groups is 2. The molecule has 0 saturated heterocycles. The minimum absolute atomic E-state index is 0.0343. The van der Waals surface area contributed by atoms with Crippen molar-refractivity contribution in [1.82, 2.24) is 5.32 Å². The second-order valence-corrected chi connectivity index (χ2v) is 13.6. The molecule has 1 N–H and O–H groups in total. The van der Waals surface area contributed by atoms with Crippen molar-refractivity contribution >= 4 is 33.6 Å². The summed E-state index contributed by atoms with van der Waals surface area (Å²) in [5.74, 6) is 2.37. The first kappa shape index (κ1) is 28.4. The lowest BCUT2D eigenvalue weighted by Crippen LogP contribution is -2.51. The zero-order chi connectivity index (χ0) is 33.5. The van der Waals surface area contributed by atoms with Gasteiger partial charge in [0.25, 0.3) is 0 Å². The van der Waals surface area contributed by atoms with Gasteiger partial charge in [-0.15, -0.1) is 0 Å². The molecule has 0 fully saturated rings. The summed E-state index contributed by atoms with van der Waals surface area (Å²) in [6.45, 7) is 0. The Balaban J connectivity index is 1.09. The Hall–Kier alpha value is -6.46. The zero-order valence-electron chi connectivity index (χ0n) is 27.5. The van der Waals surface area contributed by atoms with E-state index >= 15 is 0 Å². The average Bonchev–Trinajstić information content (AvgIpc) is 3.72. The fraction of sp³-hybridized carbons (Fsp3) is 0.0870. The molecule has 5 heteroatoms. The summed E-state index contributed by atoms with van der Waals surface area (Å²) in [4.78, 5) is 10.7. The highest BCUT2D eigenvalue weighted by molar-refractivity contribution is 6.17. The van der Waals surface area contributed by atoms with Crippen LogP contribution in [0.3, 0.4) is 0 Å². The predicted octanol–water partition coefficient (Wildman–Crippen LogP) is 9.60. The van der Waals surface area contributed by atoms with Gasteiger partial charge in [-0.25, -0.2) is 9.98 Å². The van der Waals surface area contributed by atoms with E-state index in [2.05, 4.69) is 133 Å². The number of benzene rings is 6. The number of hydrogen-bond donors (Lipinski definition) is 1. The van der Waals surface area contributed by atoms with E-state index in [1.807, 2.05) is 36.4 Å². The molecular weight excluding hydrogens is 627 g/mol. The Morgan fingerprint density at radius 2 is 1.22 bits per heavy atom. The highest BCUT2D eigenvalue weighted by atomic mass is 16.5. The highest BCUT2D eigenvalue weighted by Gasteiger charge is 2.57. The van der Waals surface area contributed by atoms with E-state index in [0.29, 0.717) is 0 Å². The van der Waals surface area contributed by atoms with E-state index in [9.17, 15) is 0 Å². The summed E-state index contributed by atoms with van der Waals surface area (Å²) in [6.07, 6.45) is 5.87. The van der Waals surface area contributed by atoms with Crippen LogP contribution in [0.5, 0.6) is 5.75 Å². The molecule has 1 aromatic heterocycles. The van der Waals surface area contributed by atoms with Gasteiger partial charge in [0, 0.05) is 39.0 Å². The van der Waals surface area contributed by atoms with Crippen molar-refractivity contribution in [2.45, 2.75) is 17.7 Å². The van der Waals surface area contributed by atoms with E-state index in [4.69, 9.17) is 19.1 Å². The zero-order valence-corrected chi connectivity index (χ0v) is 27.5. The number of fused-ring (bicyclic) bond motifs is 12. The van der Waals surface area contributed by atoms with Crippen molar-refractivity contribution < 1.29 is 9.15 Å². The normalized spacial score (nSPS) is 20.7. The van der Waals surface area contributed by atoms with Crippen LogP contribution in [-0.4, -0.2) is 23.9 Å². The van der Waals surface area contributed by atoms with Gasteiger partial charge in [0.05, 0.1) is 5.41 Å². The van der Waals surface area contributed by atoms with Crippen LogP contribution in [-0.2, 0) is 5.41 Å². The smallest absolute Gasteiger partial charge is 0.169 e. The molecule has 3 heterocycles. The summed E-state index contributed by atoms with van der Waals surface area (Å²) in [6, 6.07) is 51.1. The lowest BCUT2D eigenvalue weighted by Gasteiger charge is -2.49. The summed E-state index contributed by atoms with van der Waals surface area (Å²) in [7, 11) is 0. The van der Waals surface area contributed by atoms with Crippen molar-refractivity contribution in [3.05, 3.63) is 197 Å². The standard InChI is InChI=1S/C46H31N3O2/c1-2-13-28(14-3-1)43-47-44(29-25-26-33-32-17-6-10-23-39(32)50-41(33)27-29)49-45(48-43)34-18-12-22-38-42(34)51-40-24-11-9-21-37(40)46(38)35-19-7-4-15-30(35)31-16-5-8-20-36(31)46/h1-27,38,42,45H,(H,47,48,49). The molecule has 5 nitrogen and oxygen atoms in total. The predicted molar refractivity (Wildman–Crippen MR) is 203 cm³/mol. The van der Waals surface area contributed by atoms with Crippen LogP contribution in [0.25, 0.3) is 33.1 Å². The van der Waals surface area contributed by atoms with Gasteiger partial charge in [-0.3, -0.25) is 0 Å². The Kier molecular flexibility index (Phi) is 5.99. The number of rotatable bonds is 3. The second-order valence-electron chi connectivity index (χ2n) is 13.6. The highest BCUT2D eigenvalue weighted by Crippen LogP contribution is 2.62. The van der Waals surface area contributed by atoms with Gasteiger partial charge in [-0.1, -0.05) is 140 Å². The van der Waals surface area contributed by atoms with Crippen LogP contribution in [0.2, 0.25) is 0 Å². The Labute approximate surface area is 295 Å². The molecule has 1 spiro atoms. The van der Waals surface area contributed by atoms with Gasteiger partial charge < -0.3 is 14.5 Å². The maximum Gasteiger partial charge on any atom is 0.169 e. The van der Waals surface area contributed by atoms with Crippen LogP contribution in [0.1, 0.15) is 27.8 Å². The molecular formula is C46H31N3O2. The summed E-state index contributed by atoms with van der Waals surface area (Å²) < 4.78 is 13.4. The molecule has 2 aliphatic heterocycles. The molecule has 0 amide bonds. The summed E-state index contributed by atoms with van der Waals surface area (Å²) in [5, 5.41) is 5.77. The van der Waals surface area contributed by atoms with Crippen molar-refractivity contribution in [1.29, 1.82) is 0 Å². The van der Waals surface area contributed by atoms with Gasteiger partial charge in [0.15, 0.2) is 6.17 Å². The number of furan rings is 1. The number of amidine groups is 2. The molecule has 7 aromatic rings. The molecule has 4 aliphatic rings. The summed E-state index contributed by atoms with van der Waals surface area (Å²) in [5.41, 5.74) is 10.6. The minimum Gasteiger partial charge on any atom is -0.485 e. The Bertz CT molecular complexity index is 2640. The number of nitrogens with one attached hydrogen (secondary N) is 1. The lowest BCUT2D eigenvalue weighted by molar-refractivity contribution is 0.126. The third-order valence-corrected chi connectivity index (χ3v) is 11.1. The van der Waals surface area contributed by atoms with Gasteiger partial charge in [0.2, 0.25) is 0 Å². The van der Waals surface area contributed by atoms with Crippen molar-refractivity contribution in [2.75, 3.05) is 0 Å². The topological polar surface area (TPSA) is 59.1 Å². The first-order valence-corrected chi connectivity index (χ1v) is 17.5. The van der Waals surface area contributed by atoms with Crippen LogP contribution in [0.15, 0.2) is 184 Å². The largest absolute Gasteiger partial charge is 0.485 e. The number of para-hydroxylation sites is 2. The van der Waals surface area contributed by atoms with Gasteiger partial charge in [-0.2, -0.15) is 0 Å². The number of hydrogen-bond acceptors (Lipinski definition) is 5. The molecule has 0 saturated carbocycles. The molecule has 0 radical (unpaired) electrons. The van der Waals surface area contributed by atoms with E-state index < -0.39 is 11.6 Å². The van der Waals surface area contributed by atoms with Crippen LogP contribution < -0.4 is 10.1 Å². The third-order valence-electron chi connectivity index (χ3n) is 11.1. The first-order chi connectivity index (χ1) is 25.3. The molecule has 3 unspecified atom stereocenters. The molecule has 2 aliphatic carbocycles. The van der Waals surface area contributed by atoms with E-state index in [0.717, 1.165) is 56.1 Å². The number of ether oxygens (including phenoxy) is 1. The quantitative estimate of drug-likeness (QED) is 0.206. The second kappa shape index (κ2) is 10.8. The fourth-order valence-electron chi connectivity index (χ4n) is 8.93. The molecule has 11 rings (SSSR count). The fourth-order valence-corrected chi connectivity index (χ4v) is 8.93. The minimum atomic E-state index is -0.519. The monoisotopic (exact) mass is 657 g/mol. The van der Waals surface area contributed by atoms with E-state index in [1.165, 1.54) is 27.8 Å². The number of nitrogens with zero attached hydrogens (tertiary/aromatic N) is 2. The summed E-state index contributed by atoms with van der Waals surface area (Å²) >= 11 is 0. The Morgan fingerprint density at radius 3 is 2.02 bits per heavy atom. The maximum absolute atomic E-state index is 7.10. The Morgan fingerprint density at radius 1 is 0.569 bits per heavy atom. The van der Waals surface area contributed by atoms with E-state index in [-0.39, 0.29) is 12.0 Å². The average molecular weight is 658 g/mol. The van der Waals surface area contributed by atoms with Crippen LogP contribution in [0, 0.1) is 5.92 Å². The molecule has 0 bridgehead atoms. The van der Waals surface area contributed by atoms with Crippen molar-refractivity contribution in [3.8, 4) is 16.9 Å². The van der Waals surface area contributed by atoms with Gasteiger partial charge in [-0.05, 0) is 46.5 Å². The number of allylic oxidation sites excluding steroid dienone is 2.